The first-order chi connectivity index (χ1) is 9.54. The van der Waals surface area contributed by atoms with Crippen LogP contribution in [0.4, 0.5) is 4.39 Å². The van der Waals surface area contributed by atoms with Crippen molar-refractivity contribution in [1.82, 2.24) is 5.32 Å². The fourth-order valence-electron chi connectivity index (χ4n) is 2.54. The largest absolute Gasteiger partial charge is 0.388 e. The average Bonchev–Trinajstić information content (AvgIpc) is 2.86. The summed E-state index contributed by atoms with van der Waals surface area (Å²) in [7, 11) is 0. The van der Waals surface area contributed by atoms with Crippen molar-refractivity contribution in [2.45, 2.75) is 37.0 Å². The van der Waals surface area contributed by atoms with E-state index in [1.54, 1.807) is 6.07 Å². The van der Waals surface area contributed by atoms with Crippen LogP contribution in [0, 0.1) is 5.82 Å². The number of hydrogen-bond acceptors (Lipinski definition) is 3. The molecule has 1 saturated carbocycles. The Kier molecular flexibility index (Phi) is 5.05. The Morgan fingerprint density at radius 3 is 2.80 bits per heavy atom. The van der Waals surface area contributed by atoms with Gasteiger partial charge in [-0.2, -0.15) is 11.8 Å². The Bertz CT molecular complexity index is 487. The van der Waals surface area contributed by atoms with Crippen LogP contribution in [0.25, 0.3) is 0 Å². The molecule has 1 aromatic rings. The molecule has 2 rings (SSSR count). The first-order valence-corrected chi connectivity index (χ1v) is 8.21. The van der Waals surface area contributed by atoms with E-state index in [0.29, 0.717) is 16.9 Å². The zero-order valence-electron chi connectivity index (χ0n) is 11.6. The average molecular weight is 297 g/mol. The molecule has 1 aliphatic carbocycles. The maximum atomic E-state index is 13.5. The highest BCUT2D eigenvalue weighted by Gasteiger charge is 2.31. The van der Waals surface area contributed by atoms with Gasteiger partial charge in [0.1, 0.15) is 5.82 Å². The van der Waals surface area contributed by atoms with Crippen molar-refractivity contribution < 1.29 is 14.3 Å². The van der Waals surface area contributed by atoms with Crippen LogP contribution in [0.2, 0.25) is 0 Å². The van der Waals surface area contributed by atoms with Crippen LogP contribution in [-0.2, 0) is 5.75 Å². The summed E-state index contributed by atoms with van der Waals surface area (Å²) >= 11 is 1.51. The number of hydrogen-bond donors (Lipinski definition) is 2. The molecule has 110 valence electrons. The minimum atomic E-state index is -0.766. The molecule has 5 heteroatoms. The van der Waals surface area contributed by atoms with Gasteiger partial charge in [0.15, 0.2) is 0 Å². The lowest BCUT2D eigenvalue weighted by atomic mass is 10.0. The van der Waals surface area contributed by atoms with Gasteiger partial charge < -0.3 is 10.4 Å². The molecule has 0 radical (unpaired) electrons. The zero-order valence-corrected chi connectivity index (χ0v) is 12.4. The molecule has 0 saturated heterocycles. The number of carbonyl (C=O) groups is 1. The Labute approximate surface area is 123 Å². The summed E-state index contributed by atoms with van der Waals surface area (Å²) in [5, 5.41) is 12.9. The number of nitrogens with one attached hydrogen (secondary N) is 1. The van der Waals surface area contributed by atoms with Crippen LogP contribution in [0.3, 0.4) is 0 Å². The maximum Gasteiger partial charge on any atom is 0.251 e. The molecule has 1 aromatic carbocycles. The molecule has 0 unspecified atom stereocenters. The van der Waals surface area contributed by atoms with E-state index in [1.807, 2.05) is 6.26 Å². The Balaban J connectivity index is 2.00. The minimum absolute atomic E-state index is 0.257. The minimum Gasteiger partial charge on any atom is -0.388 e. The van der Waals surface area contributed by atoms with E-state index in [1.165, 1.54) is 23.9 Å². The Hall–Kier alpha value is -1.07. The lowest BCUT2D eigenvalue weighted by Gasteiger charge is -2.22. The van der Waals surface area contributed by atoms with Gasteiger partial charge in [0.05, 0.1) is 5.60 Å². The predicted molar refractivity (Wildman–Crippen MR) is 79.4 cm³/mol. The molecule has 1 fully saturated rings. The number of rotatable bonds is 5. The van der Waals surface area contributed by atoms with Gasteiger partial charge in [0.25, 0.3) is 5.91 Å². The number of benzene rings is 1. The summed E-state index contributed by atoms with van der Waals surface area (Å²) in [6.45, 7) is 0.265. The summed E-state index contributed by atoms with van der Waals surface area (Å²) in [5.74, 6) is -0.00494. The standard InChI is InChI=1S/C15H20FNO2S/c1-20-9-12-8-11(4-5-13(12)16)14(18)17-10-15(19)6-2-3-7-15/h4-5,8,19H,2-3,6-7,9-10H2,1H3,(H,17,18). The van der Waals surface area contributed by atoms with Crippen LogP contribution < -0.4 is 5.32 Å². The topological polar surface area (TPSA) is 49.3 Å². The van der Waals surface area contributed by atoms with E-state index in [-0.39, 0.29) is 18.3 Å². The van der Waals surface area contributed by atoms with Crippen molar-refractivity contribution in [3.05, 3.63) is 35.1 Å². The molecule has 3 nitrogen and oxygen atoms in total. The molecule has 0 aliphatic heterocycles. The lowest BCUT2D eigenvalue weighted by molar-refractivity contribution is 0.0449. The molecule has 2 N–H and O–H groups in total. The molecule has 0 spiro atoms. The van der Waals surface area contributed by atoms with E-state index in [2.05, 4.69) is 5.32 Å². The summed E-state index contributed by atoms with van der Waals surface area (Å²) in [4.78, 5) is 12.1. The van der Waals surface area contributed by atoms with Gasteiger partial charge >= 0.3 is 0 Å². The first kappa shape index (κ1) is 15.3. The highest BCUT2D eigenvalue weighted by Crippen LogP contribution is 2.28. The SMILES string of the molecule is CSCc1cc(C(=O)NCC2(O)CCCC2)ccc1F. The Morgan fingerprint density at radius 2 is 2.15 bits per heavy atom. The van der Waals surface area contributed by atoms with E-state index < -0.39 is 5.60 Å². The van der Waals surface area contributed by atoms with E-state index in [0.717, 1.165) is 25.7 Å². The van der Waals surface area contributed by atoms with Gasteiger partial charge in [-0.1, -0.05) is 12.8 Å². The van der Waals surface area contributed by atoms with Gasteiger partial charge in [0.2, 0.25) is 0 Å². The molecule has 0 bridgehead atoms. The third-order valence-corrected chi connectivity index (χ3v) is 4.32. The molecular weight excluding hydrogens is 277 g/mol. The summed E-state index contributed by atoms with van der Waals surface area (Å²) < 4.78 is 13.5. The molecule has 0 aromatic heterocycles. The third-order valence-electron chi connectivity index (χ3n) is 3.72. The van der Waals surface area contributed by atoms with Gasteiger partial charge in [0, 0.05) is 17.9 Å². The number of thioether (sulfide) groups is 1. The normalized spacial score (nSPS) is 17.1. The van der Waals surface area contributed by atoms with Crippen molar-refractivity contribution in [2.24, 2.45) is 0 Å². The van der Waals surface area contributed by atoms with Crippen LogP contribution in [0.1, 0.15) is 41.6 Å². The molecule has 0 atom stereocenters. The van der Waals surface area contributed by atoms with Gasteiger partial charge in [-0.25, -0.2) is 4.39 Å². The van der Waals surface area contributed by atoms with Crippen molar-refractivity contribution in [2.75, 3.05) is 12.8 Å². The Morgan fingerprint density at radius 1 is 1.45 bits per heavy atom. The van der Waals surface area contributed by atoms with Crippen molar-refractivity contribution in [3.63, 3.8) is 0 Å². The molecule has 0 heterocycles. The van der Waals surface area contributed by atoms with Gasteiger partial charge in [-0.15, -0.1) is 0 Å². The second-order valence-corrected chi connectivity index (χ2v) is 6.22. The lowest BCUT2D eigenvalue weighted by Crippen LogP contribution is -2.40. The van der Waals surface area contributed by atoms with Crippen LogP contribution in [0.15, 0.2) is 18.2 Å². The molecule has 1 aliphatic rings. The molecular formula is C15H20FNO2S. The second-order valence-electron chi connectivity index (χ2n) is 5.35. The second kappa shape index (κ2) is 6.59. The summed E-state index contributed by atoms with van der Waals surface area (Å²) in [6, 6.07) is 4.39. The van der Waals surface area contributed by atoms with Crippen molar-refractivity contribution in [1.29, 1.82) is 0 Å². The van der Waals surface area contributed by atoms with Crippen molar-refractivity contribution in [3.8, 4) is 0 Å². The first-order valence-electron chi connectivity index (χ1n) is 6.82. The number of halogens is 1. The summed E-state index contributed by atoms with van der Waals surface area (Å²) in [5.41, 5.74) is 0.208. The molecule has 20 heavy (non-hydrogen) atoms. The number of amides is 1. The molecule has 1 amide bonds. The fraction of sp³-hybridized carbons (Fsp3) is 0.533. The fourth-order valence-corrected chi connectivity index (χ4v) is 3.07. The van der Waals surface area contributed by atoms with Gasteiger partial charge in [-0.05, 0) is 42.9 Å². The highest BCUT2D eigenvalue weighted by molar-refractivity contribution is 7.97. The monoisotopic (exact) mass is 297 g/mol. The number of aliphatic hydroxyl groups is 1. The van der Waals surface area contributed by atoms with Gasteiger partial charge in [-0.3, -0.25) is 4.79 Å². The van der Waals surface area contributed by atoms with Crippen LogP contribution >= 0.6 is 11.8 Å². The third kappa shape index (κ3) is 3.73. The quantitative estimate of drug-likeness (QED) is 0.878. The predicted octanol–water partition coefficient (Wildman–Crippen LogP) is 2.72. The zero-order chi connectivity index (χ0) is 14.6. The highest BCUT2D eigenvalue weighted by atomic mass is 32.2. The van der Waals surface area contributed by atoms with E-state index >= 15 is 0 Å². The maximum absolute atomic E-state index is 13.5. The van der Waals surface area contributed by atoms with Crippen molar-refractivity contribution >= 4 is 17.7 Å². The van der Waals surface area contributed by atoms with E-state index in [9.17, 15) is 14.3 Å². The smallest absolute Gasteiger partial charge is 0.251 e. The van der Waals surface area contributed by atoms with Crippen LogP contribution in [-0.4, -0.2) is 29.4 Å². The summed E-state index contributed by atoms with van der Waals surface area (Å²) in [6.07, 6.45) is 5.35. The van der Waals surface area contributed by atoms with Crippen LogP contribution in [0.5, 0.6) is 0 Å². The van der Waals surface area contributed by atoms with E-state index in [4.69, 9.17) is 0 Å². The number of carbonyl (C=O) groups excluding carboxylic acids is 1.